The van der Waals surface area contributed by atoms with Crippen molar-refractivity contribution in [2.75, 3.05) is 11.9 Å². The average molecular weight is 324 g/mol. The van der Waals surface area contributed by atoms with E-state index in [9.17, 15) is 4.79 Å². The Balaban J connectivity index is 1.89. The van der Waals surface area contributed by atoms with Crippen molar-refractivity contribution >= 4 is 21.8 Å². The van der Waals surface area contributed by atoms with Gasteiger partial charge in [-0.25, -0.2) is 0 Å². The van der Waals surface area contributed by atoms with Crippen LogP contribution in [0.15, 0.2) is 24.3 Å². The van der Waals surface area contributed by atoms with Crippen LogP contribution in [0.5, 0.6) is 0 Å². The molecule has 1 heterocycles. The maximum atomic E-state index is 12.3. The van der Waals surface area contributed by atoms with Crippen LogP contribution in [-0.4, -0.2) is 28.7 Å². The zero-order valence-corrected chi connectivity index (χ0v) is 13.2. The molecule has 19 heavy (non-hydrogen) atoms. The van der Waals surface area contributed by atoms with Crippen LogP contribution in [0.3, 0.4) is 0 Å². The van der Waals surface area contributed by atoms with Gasteiger partial charge in [-0.2, -0.15) is 0 Å². The third-order valence-electron chi connectivity index (χ3n) is 3.84. The Hall–Kier alpha value is -0.830. The molecule has 0 spiro atoms. The van der Waals surface area contributed by atoms with Gasteiger partial charge in [0.1, 0.15) is 0 Å². The van der Waals surface area contributed by atoms with Gasteiger partial charge >= 0.3 is 0 Å². The molecule has 2 nitrogen and oxygen atoms in total. The molecule has 104 valence electrons. The molecule has 1 unspecified atom stereocenters. The fourth-order valence-corrected chi connectivity index (χ4v) is 3.43. The number of carbonyl (C=O) groups excluding carboxylic acids is 1. The Morgan fingerprint density at radius 3 is 3.00 bits per heavy atom. The van der Waals surface area contributed by atoms with E-state index in [2.05, 4.69) is 52.0 Å². The lowest BCUT2D eigenvalue weighted by molar-refractivity contribution is -0.134. The number of hydrogen-bond acceptors (Lipinski definition) is 1. The van der Waals surface area contributed by atoms with E-state index in [0.717, 1.165) is 31.1 Å². The van der Waals surface area contributed by atoms with Crippen LogP contribution in [0.1, 0.15) is 36.8 Å². The molecule has 0 radical (unpaired) electrons. The largest absolute Gasteiger partial charge is 0.339 e. The molecule has 0 aromatic heterocycles. The van der Waals surface area contributed by atoms with Crippen molar-refractivity contribution < 1.29 is 4.79 Å². The highest BCUT2D eigenvalue weighted by atomic mass is 79.9. The van der Waals surface area contributed by atoms with Gasteiger partial charge in [0.05, 0.1) is 0 Å². The zero-order valence-electron chi connectivity index (χ0n) is 11.6. The topological polar surface area (TPSA) is 20.3 Å². The fourth-order valence-electron chi connectivity index (χ4n) is 2.75. The van der Waals surface area contributed by atoms with Gasteiger partial charge in [0.15, 0.2) is 0 Å². The van der Waals surface area contributed by atoms with Crippen LogP contribution in [-0.2, 0) is 11.2 Å². The molecule has 1 amide bonds. The van der Waals surface area contributed by atoms with Crippen LogP contribution >= 0.6 is 15.9 Å². The SMILES string of the molecule is Cc1cccc(CCC(=O)N2CCCCC2CBr)c1. The Morgan fingerprint density at radius 2 is 2.26 bits per heavy atom. The zero-order chi connectivity index (χ0) is 13.7. The quantitative estimate of drug-likeness (QED) is 0.773. The molecule has 1 aromatic carbocycles. The number of halogens is 1. The van der Waals surface area contributed by atoms with Gasteiger partial charge in [0.2, 0.25) is 5.91 Å². The molecule has 1 aliphatic heterocycles. The van der Waals surface area contributed by atoms with Gasteiger partial charge < -0.3 is 4.90 Å². The summed E-state index contributed by atoms with van der Waals surface area (Å²) in [7, 11) is 0. The van der Waals surface area contributed by atoms with Crippen molar-refractivity contribution in [1.82, 2.24) is 4.90 Å². The summed E-state index contributed by atoms with van der Waals surface area (Å²) < 4.78 is 0. The smallest absolute Gasteiger partial charge is 0.223 e. The van der Waals surface area contributed by atoms with E-state index in [1.165, 1.54) is 17.5 Å². The predicted molar refractivity (Wildman–Crippen MR) is 82.6 cm³/mol. The Kier molecular flexibility index (Phi) is 5.44. The van der Waals surface area contributed by atoms with E-state index in [-0.39, 0.29) is 0 Å². The summed E-state index contributed by atoms with van der Waals surface area (Å²) in [5, 5.41) is 0.906. The lowest BCUT2D eigenvalue weighted by atomic mass is 10.0. The normalized spacial score (nSPS) is 19.5. The number of amides is 1. The van der Waals surface area contributed by atoms with E-state index in [4.69, 9.17) is 0 Å². The first-order chi connectivity index (χ1) is 9.20. The monoisotopic (exact) mass is 323 g/mol. The van der Waals surface area contributed by atoms with Gasteiger partial charge in [0, 0.05) is 24.3 Å². The highest BCUT2D eigenvalue weighted by Gasteiger charge is 2.25. The number of likely N-dealkylation sites (tertiary alicyclic amines) is 1. The lowest BCUT2D eigenvalue weighted by Crippen LogP contribution is -2.44. The standard InChI is InChI=1S/C16H22BrNO/c1-13-5-4-6-14(11-13)8-9-16(19)18-10-3-2-7-15(18)12-17/h4-6,11,15H,2-3,7-10,12H2,1H3. The van der Waals surface area contributed by atoms with Crippen LogP contribution < -0.4 is 0 Å². The van der Waals surface area contributed by atoms with Crippen molar-refractivity contribution in [2.45, 2.75) is 45.1 Å². The van der Waals surface area contributed by atoms with Crippen molar-refractivity contribution in [2.24, 2.45) is 0 Å². The van der Waals surface area contributed by atoms with E-state index >= 15 is 0 Å². The van der Waals surface area contributed by atoms with Gasteiger partial charge in [-0.15, -0.1) is 0 Å². The van der Waals surface area contributed by atoms with Crippen molar-refractivity contribution in [3.63, 3.8) is 0 Å². The second-order valence-corrected chi connectivity index (χ2v) is 6.03. The molecule has 1 atom stereocenters. The molecule has 0 saturated carbocycles. The maximum Gasteiger partial charge on any atom is 0.223 e. The minimum atomic E-state index is 0.311. The molecule has 2 rings (SSSR count). The number of piperidine rings is 1. The van der Waals surface area contributed by atoms with Gasteiger partial charge in [0.25, 0.3) is 0 Å². The van der Waals surface area contributed by atoms with Crippen LogP contribution in [0.2, 0.25) is 0 Å². The highest BCUT2D eigenvalue weighted by Crippen LogP contribution is 2.20. The van der Waals surface area contributed by atoms with Crippen molar-refractivity contribution in [1.29, 1.82) is 0 Å². The van der Waals surface area contributed by atoms with E-state index in [1.807, 2.05) is 0 Å². The summed E-state index contributed by atoms with van der Waals surface area (Å²) in [6.45, 7) is 3.03. The summed E-state index contributed by atoms with van der Waals surface area (Å²) in [5.41, 5.74) is 2.53. The fraction of sp³-hybridized carbons (Fsp3) is 0.562. The molecule has 0 bridgehead atoms. The second kappa shape index (κ2) is 7.09. The van der Waals surface area contributed by atoms with Crippen molar-refractivity contribution in [3.05, 3.63) is 35.4 Å². The minimum Gasteiger partial charge on any atom is -0.339 e. The third-order valence-corrected chi connectivity index (χ3v) is 4.58. The highest BCUT2D eigenvalue weighted by molar-refractivity contribution is 9.09. The summed E-state index contributed by atoms with van der Waals surface area (Å²) in [6, 6.07) is 8.84. The number of carbonyl (C=O) groups is 1. The number of aryl methyl sites for hydroxylation is 2. The molecule has 1 saturated heterocycles. The first kappa shape index (κ1) is 14.6. The van der Waals surface area contributed by atoms with E-state index in [1.54, 1.807) is 0 Å². The number of hydrogen-bond donors (Lipinski definition) is 0. The average Bonchev–Trinajstić information content (AvgIpc) is 2.45. The molecular formula is C16H22BrNO. The Bertz CT molecular complexity index is 433. The molecule has 1 aliphatic rings. The van der Waals surface area contributed by atoms with Crippen LogP contribution in [0.4, 0.5) is 0 Å². The van der Waals surface area contributed by atoms with E-state index < -0.39 is 0 Å². The lowest BCUT2D eigenvalue weighted by Gasteiger charge is -2.34. The van der Waals surface area contributed by atoms with Crippen LogP contribution in [0.25, 0.3) is 0 Å². The van der Waals surface area contributed by atoms with Gasteiger partial charge in [-0.05, 0) is 38.2 Å². The molecule has 3 heteroatoms. The first-order valence-electron chi connectivity index (χ1n) is 7.11. The molecular weight excluding hydrogens is 302 g/mol. The van der Waals surface area contributed by atoms with E-state index in [0.29, 0.717) is 18.4 Å². The number of benzene rings is 1. The Morgan fingerprint density at radius 1 is 1.42 bits per heavy atom. The molecule has 0 N–H and O–H groups in total. The molecule has 1 fully saturated rings. The van der Waals surface area contributed by atoms with Crippen molar-refractivity contribution in [3.8, 4) is 0 Å². The second-order valence-electron chi connectivity index (χ2n) is 5.38. The number of nitrogens with zero attached hydrogens (tertiary/aromatic N) is 1. The maximum absolute atomic E-state index is 12.3. The summed E-state index contributed by atoms with van der Waals surface area (Å²) >= 11 is 3.53. The number of alkyl halides is 1. The minimum absolute atomic E-state index is 0.311. The summed E-state index contributed by atoms with van der Waals surface area (Å²) in [6.07, 6.45) is 5.03. The Labute approximate surface area is 124 Å². The molecule has 1 aromatic rings. The third kappa shape index (κ3) is 4.07. The molecule has 0 aliphatic carbocycles. The number of rotatable bonds is 4. The van der Waals surface area contributed by atoms with Gasteiger partial charge in [-0.1, -0.05) is 45.8 Å². The first-order valence-corrected chi connectivity index (χ1v) is 8.24. The summed E-state index contributed by atoms with van der Waals surface area (Å²) in [4.78, 5) is 14.4. The van der Waals surface area contributed by atoms with Crippen LogP contribution in [0, 0.1) is 6.92 Å². The summed E-state index contributed by atoms with van der Waals surface area (Å²) in [5.74, 6) is 0.311. The predicted octanol–water partition coefficient (Wildman–Crippen LogP) is 3.70. The van der Waals surface area contributed by atoms with Gasteiger partial charge in [-0.3, -0.25) is 4.79 Å².